The lowest BCUT2D eigenvalue weighted by Gasteiger charge is -2.29. The summed E-state index contributed by atoms with van der Waals surface area (Å²) in [4.78, 5) is 64.1. The van der Waals surface area contributed by atoms with E-state index in [9.17, 15) is 29.3 Å². The molecule has 0 radical (unpaired) electrons. The van der Waals surface area contributed by atoms with Crippen LogP contribution >= 0.6 is 12.4 Å². The van der Waals surface area contributed by atoms with Crippen LogP contribution in [0.25, 0.3) is 0 Å². The lowest BCUT2D eigenvalue weighted by Crippen LogP contribution is -2.54. The van der Waals surface area contributed by atoms with Crippen LogP contribution in [-0.4, -0.2) is 77.3 Å². The highest BCUT2D eigenvalue weighted by Gasteiger charge is 2.36. The molecule has 12 N–H and O–H groups in total. The Hall–Kier alpha value is -5.49. The summed E-state index contributed by atoms with van der Waals surface area (Å²) in [5.74, 6) is -3.03. The van der Waals surface area contributed by atoms with Crippen molar-refractivity contribution in [1.82, 2.24) is 20.9 Å². The number of ether oxygens (including phenoxy) is 1. The number of nitrogens with one attached hydrogen (secondary N) is 6. The predicted molar refractivity (Wildman–Crippen MR) is 176 cm³/mol. The summed E-state index contributed by atoms with van der Waals surface area (Å²) in [6.45, 7) is -0.495. The lowest BCUT2D eigenvalue weighted by molar-refractivity contribution is -0.384. The standard InChI is InChI=1S/C28H39N11O7.ClH/c29-21(8-4-14-34-26(30)31)24(41)36-16-23(40)38(28(43)46-17-18-6-2-1-3-7-18)22(9-5-15-35-27(32)33)25(42)37-19-10-12-20(13-11-19)39(44)45;/h1-3,6-7,10-13,21-22H,4-5,8-9,14-17,29H2,(H,36,41)(H,37,42)(H4,30,31,34)(H4,32,33,35);1H/t21-,22+;/m1./s1. The van der Waals surface area contributed by atoms with Crippen molar-refractivity contribution in [1.29, 1.82) is 10.8 Å². The number of halogens is 1. The first-order chi connectivity index (χ1) is 21.9. The van der Waals surface area contributed by atoms with Crippen molar-refractivity contribution in [2.24, 2.45) is 17.2 Å². The number of hydrogen-bond acceptors (Lipinski definition) is 10. The molecule has 0 aliphatic heterocycles. The van der Waals surface area contributed by atoms with Gasteiger partial charge in [0, 0.05) is 30.9 Å². The fourth-order valence-corrected chi connectivity index (χ4v) is 4.03. The number of benzene rings is 2. The molecule has 0 saturated carbocycles. The van der Waals surface area contributed by atoms with Crippen molar-refractivity contribution in [3.05, 3.63) is 70.3 Å². The van der Waals surface area contributed by atoms with E-state index in [4.69, 9.17) is 32.8 Å². The van der Waals surface area contributed by atoms with Gasteiger partial charge in [0.1, 0.15) is 12.6 Å². The predicted octanol–water partition coefficient (Wildman–Crippen LogP) is 0.459. The second kappa shape index (κ2) is 20.5. The molecule has 2 atom stereocenters. The average molecular weight is 678 g/mol. The molecule has 2 rings (SSSR count). The lowest BCUT2D eigenvalue weighted by atomic mass is 10.1. The van der Waals surface area contributed by atoms with E-state index in [0.717, 1.165) is 0 Å². The molecule has 18 nitrogen and oxygen atoms in total. The second-order valence-electron chi connectivity index (χ2n) is 9.90. The maximum Gasteiger partial charge on any atom is 0.417 e. The summed E-state index contributed by atoms with van der Waals surface area (Å²) in [5, 5.41) is 35.6. The smallest absolute Gasteiger partial charge is 0.417 e. The van der Waals surface area contributed by atoms with Crippen molar-refractivity contribution in [3.8, 4) is 0 Å². The highest BCUT2D eigenvalue weighted by Crippen LogP contribution is 2.18. The number of carbonyl (C=O) groups is 4. The molecule has 2 aromatic carbocycles. The van der Waals surface area contributed by atoms with Crippen LogP contribution in [0.3, 0.4) is 0 Å². The molecule has 0 saturated heterocycles. The van der Waals surface area contributed by atoms with Gasteiger partial charge < -0.3 is 43.2 Å². The number of nitrogens with two attached hydrogens (primary N) is 3. The monoisotopic (exact) mass is 677 g/mol. The Morgan fingerprint density at radius 1 is 0.872 bits per heavy atom. The number of nitro benzene ring substituents is 1. The van der Waals surface area contributed by atoms with Gasteiger partial charge in [-0.2, -0.15) is 0 Å². The molecule has 0 bridgehead atoms. The maximum absolute atomic E-state index is 13.6. The Kier molecular flexibility index (Phi) is 17.3. The van der Waals surface area contributed by atoms with E-state index in [2.05, 4.69) is 21.3 Å². The van der Waals surface area contributed by atoms with Gasteiger partial charge in [-0.3, -0.25) is 35.3 Å². The van der Waals surface area contributed by atoms with Gasteiger partial charge in [0.05, 0.1) is 17.5 Å². The molecule has 0 spiro atoms. The number of amides is 4. The summed E-state index contributed by atoms with van der Waals surface area (Å²) in [7, 11) is 0. The summed E-state index contributed by atoms with van der Waals surface area (Å²) in [5.41, 5.74) is 17.0. The Bertz CT molecular complexity index is 1380. The van der Waals surface area contributed by atoms with Crippen LogP contribution in [0.1, 0.15) is 31.2 Å². The van der Waals surface area contributed by atoms with E-state index in [1.807, 2.05) is 0 Å². The topological polar surface area (TPSA) is 298 Å². The largest absolute Gasteiger partial charge is 0.444 e. The fraction of sp³-hybridized carbons (Fsp3) is 0.357. The minimum Gasteiger partial charge on any atom is -0.444 e. The number of guanidine groups is 2. The highest BCUT2D eigenvalue weighted by atomic mass is 35.5. The first-order valence-electron chi connectivity index (χ1n) is 14.2. The zero-order chi connectivity index (χ0) is 34.1. The quantitative estimate of drug-likeness (QED) is 0.0363. The first-order valence-corrected chi connectivity index (χ1v) is 14.2. The Balaban J connectivity index is 0.0000110. The van der Waals surface area contributed by atoms with E-state index < -0.39 is 47.4 Å². The van der Waals surface area contributed by atoms with Gasteiger partial charge in [-0.1, -0.05) is 30.3 Å². The van der Waals surface area contributed by atoms with E-state index >= 15 is 0 Å². The average Bonchev–Trinajstić information content (AvgIpc) is 3.02. The van der Waals surface area contributed by atoms with Gasteiger partial charge in [-0.05, 0) is 43.4 Å². The first kappa shape index (κ1) is 39.5. The van der Waals surface area contributed by atoms with E-state index in [1.54, 1.807) is 30.3 Å². The fourth-order valence-electron chi connectivity index (χ4n) is 4.03. The van der Waals surface area contributed by atoms with Gasteiger partial charge in [-0.25, -0.2) is 9.69 Å². The third-order valence-electron chi connectivity index (χ3n) is 6.36. The zero-order valence-electron chi connectivity index (χ0n) is 25.4. The van der Waals surface area contributed by atoms with Crippen molar-refractivity contribution < 1.29 is 28.8 Å². The van der Waals surface area contributed by atoms with E-state index in [1.165, 1.54) is 24.3 Å². The van der Waals surface area contributed by atoms with Crippen molar-refractivity contribution in [2.45, 2.75) is 44.4 Å². The molecule has 19 heteroatoms. The van der Waals surface area contributed by atoms with Gasteiger partial charge >= 0.3 is 6.09 Å². The molecule has 0 aromatic heterocycles. The normalized spacial score (nSPS) is 11.4. The van der Waals surface area contributed by atoms with Crippen LogP contribution in [0.4, 0.5) is 16.2 Å². The van der Waals surface area contributed by atoms with Crippen LogP contribution in [-0.2, 0) is 25.7 Å². The van der Waals surface area contributed by atoms with Gasteiger partial charge in [0.15, 0.2) is 11.9 Å². The third-order valence-corrected chi connectivity index (χ3v) is 6.36. The van der Waals surface area contributed by atoms with E-state index in [-0.39, 0.29) is 68.1 Å². The van der Waals surface area contributed by atoms with Crippen molar-refractivity contribution in [3.63, 3.8) is 0 Å². The second-order valence-corrected chi connectivity index (χ2v) is 9.90. The van der Waals surface area contributed by atoms with Gasteiger partial charge in [0.25, 0.3) is 11.6 Å². The third kappa shape index (κ3) is 14.4. The van der Waals surface area contributed by atoms with Crippen LogP contribution in [0.5, 0.6) is 0 Å². The Morgan fingerprint density at radius 2 is 1.45 bits per heavy atom. The molecule has 0 fully saturated rings. The molecule has 0 aliphatic rings. The summed E-state index contributed by atoms with van der Waals surface area (Å²) in [6, 6.07) is 11.0. The molecule has 2 aromatic rings. The maximum atomic E-state index is 13.6. The number of nitrogens with zero attached hydrogens (tertiary/aromatic N) is 2. The summed E-state index contributed by atoms with van der Waals surface area (Å²) < 4.78 is 5.39. The minimum absolute atomic E-state index is 0. The van der Waals surface area contributed by atoms with Crippen molar-refractivity contribution >= 4 is 59.5 Å². The summed E-state index contributed by atoms with van der Waals surface area (Å²) in [6.07, 6.45) is -0.501. The SMILES string of the molecule is Cl.N=C(N)NCCC[C@@H](N)C(=O)NCC(=O)N(C(=O)OCc1ccccc1)[C@@H](CCCNC(=N)N)C(=O)Nc1ccc([N+](=O)[O-])cc1. The minimum atomic E-state index is -1.47. The Morgan fingerprint density at radius 3 is 2.00 bits per heavy atom. The molecular formula is C28H40ClN11O7. The van der Waals surface area contributed by atoms with Gasteiger partial charge in [0.2, 0.25) is 11.8 Å². The molecule has 47 heavy (non-hydrogen) atoms. The number of carbonyl (C=O) groups excluding carboxylic acids is 4. The summed E-state index contributed by atoms with van der Waals surface area (Å²) >= 11 is 0. The number of anilines is 1. The highest BCUT2D eigenvalue weighted by molar-refractivity contribution is 6.03. The molecule has 0 heterocycles. The van der Waals surface area contributed by atoms with Gasteiger partial charge in [-0.15, -0.1) is 12.4 Å². The van der Waals surface area contributed by atoms with E-state index in [0.29, 0.717) is 23.4 Å². The van der Waals surface area contributed by atoms with Crippen LogP contribution in [0.15, 0.2) is 54.6 Å². The zero-order valence-corrected chi connectivity index (χ0v) is 26.2. The molecule has 0 aliphatic carbocycles. The van der Waals surface area contributed by atoms with Crippen LogP contribution in [0.2, 0.25) is 0 Å². The Labute approximate surface area is 276 Å². The number of hydrogen-bond donors (Lipinski definition) is 9. The number of non-ortho nitro benzene ring substituents is 1. The van der Waals surface area contributed by atoms with Crippen LogP contribution < -0.4 is 38.5 Å². The molecule has 4 amide bonds. The number of nitro groups is 1. The molecule has 0 unspecified atom stereocenters. The number of rotatable bonds is 17. The van der Waals surface area contributed by atoms with Crippen molar-refractivity contribution in [2.75, 3.05) is 25.0 Å². The number of imide groups is 1. The molecule has 256 valence electrons. The molecular weight excluding hydrogens is 638 g/mol. The van der Waals surface area contributed by atoms with Crippen LogP contribution in [0, 0.1) is 20.9 Å².